The second-order valence-electron chi connectivity index (χ2n) is 7.77. The van der Waals surface area contributed by atoms with Gasteiger partial charge in [-0.25, -0.2) is 4.79 Å². The van der Waals surface area contributed by atoms with Gasteiger partial charge in [0.15, 0.2) is 0 Å². The van der Waals surface area contributed by atoms with Crippen LogP contribution in [0.2, 0.25) is 0 Å². The maximum absolute atomic E-state index is 13.2. The average molecular weight is 383 g/mol. The Morgan fingerprint density at radius 2 is 1.39 bits per heavy atom. The van der Waals surface area contributed by atoms with Gasteiger partial charge in [-0.15, -0.1) is 0 Å². The number of hydrogen-bond acceptors (Lipinski definition) is 3. The van der Waals surface area contributed by atoms with E-state index in [1.54, 1.807) is 25.7 Å². The molecule has 0 saturated carbocycles. The Hall–Kier alpha value is -2.82. The van der Waals surface area contributed by atoms with Crippen molar-refractivity contribution in [1.82, 2.24) is 10.2 Å². The summed E-state index contributed by atoms with van der Waals surface area (Å²) >= 11 is 0. The number of nitrogens with zero attached hydrogens (tertiary/aromatic N) is 1. The molecular formula is C23H30N2O3. The van der Waals surface area contributed by atoms with Gasteiger partial charge in [0, 0.05) is 13.1 Å². The number of carbonyl (C=O) groups excluding carboxylic acids is 2. The summed E-state index contributed by atoms with van der Waals surface area (Å²) in [5, 5.41) is 2.72. The number of alkyl carbamates (subject to hydrolysis) is 1. The Morgan fingerprint density at radius 1 is 0.929 bits per heavy atom. The molecule has 0 radical (unpaired) electrons. The van der Waals surface area contributed by atoms with Crippen molar-refractivity contribution in [2.75, 3.05) is 0 Å². The Morgan fingerprint density at radius 3 is 1.79 bits per heavy atom. The molecule has 5 heteroatoms. The third kappa shape index (κ3) is 7.06. The molecule has 0 heterocycles. The molecule has 0 aliphatic carbocycles. The molecular weight excluding hydrogens is 352 g/mol. The standard InChI is InChI=1S/C23H30N2O3/c1-5-20(24-22(27)28-23(2,3)4)21(26)25(16-18-12-8-6-9-13-18)17-19-14-10-7-11-15-19/h6-15,20H,5,16-17H2,1-4H3,(H,24,27)/t20-/m1/s1. The van der Waals surface area contributed by atoms with Gasteiger partial charge in [0.1, 0.15) is 11.6 Å². The lowest BCUT2D eigenvalue weighted by molar-refractivity contribution is -0.134. The molecule has 1 N–H and O–H groups in total. The predicted molar refractivity (Wildman–Crippen MR) is 111 cm³/mol. The highest BCUT2D eigenvalue weighted by Crippen LogP contribution is 2.14. The minimum Gasteiger partial charge on any atom is -0.444 e. The van der Waals surface area contributed by atoms with E-state index in [1.165, 1.54) is 0 Å². The Balaban J connectivity index is 2.16. The first-order valence-electron chi connectivity index (χ1n) is 9.64. The number of amides is 2. The molecule has 2 aromatic rings. The first-order valence-corrected chi connectivity index (χ1v) is 9.64. The summed E-state index contributed by atoms with van der Waals surface area (Å²) in [7, 11) is 0. The normalized spacial score (nSPS) is 12.1. The molecule has 0 bridgehead atoms. The van der Waals surface area contributed by atoms with Crippen molar-refractivity contribution in [3.05, 3.63) is 71.8 Å². The Kier molecular flexibility index (Phi) is 7.61. The van der Waals surface area contributed by atoms with Gasteiger partial charge in [-0.2, -0.15) is 0 Å². The number of benzene rings is 2. The molecule has 0 spiro atoms. The summed E-state index contributed by atoms with van der Waals surface area (Å²) in [5.41, 5.74) is 1.47. The Bertz CT molecular complexity index is 713. The Labute approximate surface area is 167 Å². The molecule has 0 aliphatic heterocycles. The lowest BCUT2D eigenvalue weighted by Crippen LogP contribution is -2.49. The van der Waals surface area contributed by atoms with Crippen LogP contribution >= 0.6 is 0 Å². The number of nitrogens with one attached hydrogen (secondary N) is 1. The summed E-state index contributed by atoms with van der Waals surface area (Å²) in [6.45, 7) is 8.22. The highest BCUT2D eigenvalue weighted by molar-refractivity contribution is 5.85. The van der Waals surface area contributed by atoms with E-state index in [0.29, 0.717) is 19.5 Å². The van der Waals surface area contributed by atoms with Crippen LogP contribution in [0.15, 0.2) is 60.7 Å². The minimum absolute atomic E-state index is 0.124. The molecule has 0 unspecified atom stereocenters. The molecule has 2 aromatic carbocycles. The predicted octanol–water partition coefficient (Wildman–Crippen LogP) is 4.52. The van der Waals surface area contributed by atoms with E-state index in [4.69, 9.17) is 4.74 Å². The molecule has 2 rings (SSSR count). The molecule has 0 aromatic heterocycles. The van der Waals surface area contributed by atoms with Crippen molar-refractivity contribution in [1.29, 1.82) is 0 Å². The maximum atomic E-state index is 13.2. The van der Waals surface area contributed by atoms with Gasteiger partial charge >= 0.3 is 6.09 Å². The molecule has 5 nitrogen and oxygen atoms in total. The fourth-order valence-corrected chi connectivity index (χ4v) is 2.83. The van der Waals surface area contributed by atoms with Crippen molar-refractivity contribution < 1.29 is 14.3 Å². The van der Waals surface area contributed by atoms with Crippen LogP contribution in [0.1, 0.15) is 45.2 Å². The van der Waals surface area contributed by atoms with Crippen LogP contribution in [0.3, 0.4) is 0 Å². The van der Waals surface area contributed by atoms with Crippen molar-refractivity contribution >= 4 is 12.0 Å². The van der Waals surface area contributed by atoms with E-state index >= 15 is 0 Å². The van der Waals surface area contributed by atoms with Crippen molar-refractivity contribution in [3.63, 3.8) is 0 Å². The molecule has 150 valence electrons. The van der Waals surface area contributed by atoms with Crippen LogP contribution in [0.25, 0.3) is 0 Å². The third-order valence-electron chi connectivity index (χ3n) is 4.14. The fraction of sp³-hybridized carbons (Fsp3) is 0.391. The van der Waals surface area contributed by atoms with E-state index in [1.807, 2.05) is 67.6 Å². The van der Waals surface area contributed by atoms with Crippen molar-refractivity contribution in [3.8, 4) is 0 Å². The van der Waals surface area contributed by atoms with E-state index in [0.717, 1.165) is 11.1 Å². The summed E-state index contributed by atoms with van der Waals surface area (Å²) in [6.07, 6.45) is -0.0925. The molecule has 28 heavy (non-hydrogen) atoms. The van der Waals surface area contributed by atoms with Crippen molar-refractivity contribution in [2.24, 2.45) is 0 Å². The van der Waals surface area contributed by atoms with Crippen LogP contribution in [-0.4, -0.2) is 28.5 Å². The number of rotatable bonds is 7. The monoisotopic (exact) mass is 382 g/mol. The topological polar surface area (TPSA) is 58.6 Å². The number of hydrogen-bond donors (Lipinski definition) is 1. The largest absolute Gasteiger partial charge is 0.444 e. The zero-order chi connectivity index (χ0) is 20.6. The fourth-order valence-electron chi connectivity index (χ4n) is 2.83. The smallest absolute Gasteiger partial charge is 0.408 e. The van der Waals surface area contributed by atoms with E-state index < -0.39 is 17.7 Å². The molecule has 1 atom stereocenters. The molecule has 0 aliphatic rings. The lowest BCUT2D eigenvalue weighted by atomic mass is 10.1. The van der Waals surface area contributed by atoms with Gasteiger partial charge in [0.25, 0.3) is 0 Å². The number of ether oxygens (including phenoxy) is 1. The summed E-state index contributed by atoms with van der Waals surface area (Å²) in [5.74, 6) is -0.124. The average Bonchev–Trinajstić information content (AvgIpc) is 2.65. The van der Waals surface area contributed by atoms with Gasteiger partial charge < -0.3 is 15.0 Å². The summed E-state index contributed by atoms with van der Waals surface area (Å²) < 4.78 is 5.32. The maximum Gasteiger partial charge on any atom is 0.408 e. The molecule has 0 saturated heterocycles. The zero-order valence-electron chi connectivity index (χ0n) is 17.1. The second-order valence-corrected chi connectivity index (χ2v) is 7.77. The van der Waals surface area contributed by atoms with Gasteiger partial charge in [0.2, 0.25) is 5.91 Å². The minimum atomic E-state index is -0.637. The summed E-state index contributed by atoms with van der Waals surface area (Å²) in [4.78, 5) is 27.2. The molecule has 0 fully saturated rings. The number of carbonyl (C=O) groups is 2. The lowest BCUT2D eigenvalue weighted by Gasteiger charge is -2.28. The van der Waals surface area contributed by atoms with Gasteiger partial charge in [-0.1, -0.05) is 67.6 Å². The van der Waals surface area contributed by atoms with Crippen LogP contribution in [-0.2, 0) is 22.6 Å². The first kappa shape index (κ1) is 21.5. The molecule has 2 amide bonds. The highest BCUT2D eigenvalue weighted by Gasteiger charge is 2.27. The SMILES string of the molecule is CC[C@@H](NC(=O)OC(C)(C)C)C(=O)N(Cc1ccccc1)Cc1ccccc1. The highest BCUT2D eigenvalue weighted by atomic mass is 16.6. The second kappa shape index (κ2) is 9.93. The van der Waals surface area contributed by atoms with Crippen LogP contribution in [0, 0.1) is 0 Å². The first-order chi connectivity index (χ1) is 13.3. The zero-order valence-corrected chi connectivity index (χ0v) is 17.1. The quantitative estimate of drug-likeness (QED) is 0.766. The van der Waals surface area contributed by atoms with E-state index in [9.17, 15) is 9.59 Å². The summed E-state index contributed by atoms with van der Waals surface area (Å²) in [6, 6.07) is 19.1. The van der Waals surface area contributed by atoms with Crippen molar-refractivity contribution in [2.45, 2.75) is 58.8 Å². The van der Waals surface area contributed by atoms with Gasteiger partial charge in [-0.05, 0) is 38.3 Å². The van der Waals surface area contributed by atoms with Crippen LogP contribution in [0.5, 0.6) is 0 Å². The van der Waals surface area contributed by atoms with Crippen LogP contribution in [0.4, 0.5) is 4.79 Å². The third-order valence-corrected chi connectivity index (χ3v) is 4.14. The van der Waals surface area contributed by atoms with E-state index in [-0.39, 0.29) is 5.91 Å². The van der Waals surface area contributed by atoms with Gasteiger partial charge in [0.05, 0.1) is 0 Å². The van der Waals surface area contributed by atoms with Gasteiger partial charge in [-0.3, -0.25) is 4.79 Å². The van der Waals surface area contributed by atoms with Crippen LogP contribution < -0.4 is 5.32 Å². The van der Waals surface area contributed by atoms with E-state index in [2.05, 4.69) is 5.32 Å².